The van der Waals surface area contributed by atoms with Crippen LogP contribution in [0.5, 0.6) is 0 Å². The Morgan fingerprint density at radius 3 is 2.67 bits per heavy atom. The van der Waals surface area contributed by atoms with Gasteiger partial charge >= 0.3 is 0 Å². The Balaban J connectivity index is 2.24. The van der Waals surface area contributed by atoms with Crippen LogP contribution in [0, 0.1) is 23.2 Å². The molecule has 15 heavy (non-hydrogen) atoms. The van der Waals surface area contributed by atoms with Gasteiger partial charge in [-0.3, -0.25) is 0 Å². The van der Waals surface area contributed by atoms with Gasteiger partial charge in [0.25, 0.3) is 0 Å². The first kappa shape index (κ1) is 11.4. The van der Waals surface area contributed by atoms with E-state index in [9.17, 15) is 0 Å². The second kappa shape index (κ2) is 3.76. The monoisotopic (exact) mass is 209 g/mol. The average molecular weight is 209 g/mol. The number of piperidine rings is 1. The minimum absolute atomic E-state index is 0.562. The molecule has 1 aliphatic heterocycles. The predicted molar refractivity (Wildman–Crippen MR) is 65.8 cm³/mol. The van der Waals surface area contributed by atoms with E-state index in [2.05, 4.69) is 39.9 Å². The molecule has 88 valence electrons. The van der Waals surface area contributed by atoms with Crippen LogP contribution in [0.25, 0.3) is 0 Å². The van der Waals surface area contributed by atoms with Crippen LogP contribution in [0.2, 0.25) is 0 Å². The molecular weight excluding hydrogens is 182 g/mol. The third-order valence-corrected chi connectivity index (χ3v) is 5.71. The van der Waals surface area contributed by atoms with Gasteiger partial charge in [-0.25, -0.2) is 0 Å². The topological polar surface area (TPSA) is 12.0 Å². The van der Waals surface area contributed by atoms with E-state index in [0.717, 1.165) is 29.8 Å². The Hall–Kier alpha value is -0.0400. The zero-order chi connectivity index (χ0) is 11.2. The van der Waals surface area contributed by atoms with Crippen LogP contribution in [-0.4, -0.2) is 12.1 Å². The molecule has 1 aliphatic carbocycles. The van der Waals surface area contributed by atoms with Gasteiger partial charge in [-0.05, 0) is 42.9 Å². The molecule has 6 atom stereocenters. The van der Waals surface area contributed by atoms with Crippen LogP contribution in [-0.2, 0) is 0 Å². The van der Waals surface area contributed by atoms with Crippen molar-refractivity contribution in [3.8, 4) is 0 Å². The van der Waals surface area contributed by atoms with Gasteiger partial charge in [0.05, 0.1) is 0 Å². The van der Waals surface area contributed by atoms with Crippen molar-refractivity contribution in [2.75, 3.05) is 0 Å². The molecule has 1 saturated carbocycles. The van der Waals surface area contributed by atoms with E-state index in [4.69, 9.17) is 0 Å². The molecule has 2 bridgehead atoms. The van der Waals surface area contributed by atoms with Crippen molar-refractivity contribution in [2.45, 2.75) is 66.0 Å². The molecule has 1 heterocycles. The maximum Gasteiger partial charge on any atom is 0.0152 e. The molecule has 1 saturated heterocycles. The molecule has 4 unspecified atom stereocenters. The number of rotatable bonds is 2. The molecule has 0 aromatic heterocycles. The Bertz CT molecular complexity index is 237. The van der Waals surface area contributed by atoms with Crippen LogP contribution in [0.1, 0.15) is 53.9 Å². The lowest BCUT2D eigenvalue weighted by atomic mass is 9.65. The molecule has 2 fully saturated rings. The average Bonchev–Trinajstić information content (AvgIpc) is 2.43. The van der Waals surface area contributed by atoms with Gasteiger partial charge in [-0.1, -0.05) is 34.1 Å². The van der Waals surface area contributed by atoms with Gasteiger partial charge in [0.1, 0.15) is 0 Å². The first-order valence-electron chi connectivity index (χ1n) is 6.76. The van der Waals surface area contributed by atoms with Crippen LogP contribution in [0.15, 0.2) is 0 Å². The molecule has 0 spiro atoms. The van der Waals surface area contributed by atoms with Gasteiger partial charge in [0.15, 0.2) is 0 Å². The molecule has 0 aromatic carbocycles. The molecule has 0 aromatic rings. The summed E-state index contributed by atoms with van der Waals surface area (Å²) in [5.74, 6) is 2.65. The molecule has 0 radical (unpaired) electrons. The molecule has 2 aliphatic rings. The van der Waals surface area contributed by atoms with E-state index in [-0.39, 0.29) is 0 Å². The zero-order valence-corrected chi connectivity index (χ0v) is 11.0. The Kier molecular flexibility index (Phi) is 2.87. The van der Waals surface area contributed by atoms with E-state index in [0.29, 0.717) is 5.41 Å². The van der Waals surface area contributed by atoms with Crippen LogP contribution < -0.4 is 5.32 Å². The molecule has 1 heteroatoms. The summed E-state index contributed by atoms with van der Waals surface area (Å²) in [7, 11) is 0. The van der Waals surface area contributed by atoms with Gasteiger partial charge in [0.2, 0.25) is 0 Å². The number of hydrogen-bond donors (Lipinski definition) is 1. The molecule has 2 rings (SSSR count). The SMILES string of the molecule is CCC(C)C1NC(C)[C@H]2CCC1(C)[C@H]2C. The maximum atomic E-state index is 3.90. The van der Waals surface area contributed by atoms with Crippen LogP contribution in [0.3, 0.4) is 0 Å². The molecule has 0 amide bonds. The summed E-state index contributed by atoms with van der Waals surface area (Å²) in [6.45, 7) is 12.1. The summed E-state index contributed by atoms with van der Waals surface area (Å²) in [5.41, 5.74) is 0.562. The van der Waals surface area contributed by atoms with Gasteiger partial charge < -0.3 is 5.32 Å². The fourth-order valence-corrected chi connectivity index (χ4v) is 4.21. The largest absolute Gasteiger partial charge is 0.310 e. The first-order chi connectivity index (χ1) is 7.00. The summed E-state index contributed by atoms with van der Waals surface area (Å²) < 4.78 is 0. The Morgan fingerprint density at radius 1 is 1.40 bits per heavy atom. The highest BCUT2D eigenvalue weighted by molar-refractivity contribution is 5.07. The fourth-order valence-electron chi connectivity index (χ4n) is 4.21. The maximum absolute atomic E-state index is 3.90. The summed E-state index contributed by atoms with van der Waals surface area (Å²) >= 11 is 0. The minimum Gasteiger partial charge on any atom is -0.310 e. The number of nitrogens with one attached hydrogen (secondary N) is 1. The summed E-state index contributed by atoms with van der Waals surface area (Å²) in [6, 6.07) is 1.47. The lowest BCUT2D eigenvalue weighted by Crippen LogP contribution is -2.58. The zero-order valence-electron chi connectivity index (χ0n) is 11.0. The standard InChI is InChI=1S/C14H27N/c1-6-9(2)13-14(5)8-7-12(10(14)3)11(4)15-13/h9-13,15H,6-8H2,1-5H3/t9?,10-,11?,12-,13?,14?/m0/s1. The summed E-state index contributed by atoms with van der Waals surface area (Å²) in [6.07, 6.45) is 4.18. The molecular formula is C14H27N. The minimum atomic E-state index is 0.562. The van der Waals surface area contributed by atoms with Crippen LogP contribution >= 0.6 is 0 Å². The molecule has 1 nitrogen and oxygen atoms in total. The first-order valence-corrected chi connectivity index (χ1v) is 6.76. The van der Waals surface area contributed by atoms with Crippen molar-refractivity contribution in [1.82, 2.24) is 5.32 Å². The van der Waals surface area contributed by atoms with E-state index < -0.39 is 0 Å². The Morgan fingerprint density at radius 2 is 2.07 bits per heavy atom. The van der Waals surface area contributed by atoms with Crippen molar-refractivity contribution >= 4 is 0 Å². The predicted octanol–water partition coefficient (Wildman–Crippen LogP) is 3.45. The van der Waals surface area contributed by atoms with Gasteiger partial charge in [-0.2, -0.15) is 0 Å². The highest BCUT2D eigenvalue weighted by atomic mass is 15.0. The van der Waals surface area contributed by atoms with Crippen molar-refractivity contribution in [3.05, 3.63) is 0 Å². The van der Waals surface area contributed by atoms with E-state index in [1.807, 2.05) is 0 Å². The third kappa shape index (κ3) is 1.54. The van der Waals surface area contributed by atoms with Crippen LogP contribution in [0.4, 0.5) is 0 Å². The summed E-state index contributed by atoms with van der Waals surface area (Å²) in [5, 5.41) is 3.90. The fraction of sp³-hybridized carbons (Fsp3) is 1.00. The summed E-state index contributed by atoms with van der Waals surface area (Å²) in [4.78, 5) is 0. The lowest BCUT2D eigenvalue weighted by molar-refractivity contribution is 0.0433. The van der Waals surface area contributed by atoms with Gasteiger partial charge in [-0.15, -0.1) is 0 Å². The quantitative estimate of drug-likeness (QED) is 0.734. The van der Waals surface area contributed by atoms with Crippen molar-refractivity contribution < 1.29 is 0 Å². The van der Waals surface area contributed by atoms with Crippen molar-refractivity contribution in [1.29, 1.82) is 0 Å². The smallest absolute Gasteiger partial charge is 0.0152 e. The third-order valence-electron chi connectivity index (χ3n) is 5.71. The normalized spacial score (nSPS) is 51.8. The van der Waals surface area contributed by atoms with E-state index in [1.54, 1.807) is 0 Å². The van der Waals surface area contributed by atoms with Gasteiger partial charge in [0, 0.05) is 12.1 Å². The highest BCUT2D eigenvalue weighted by Crippen LogP contribution is 2.54. The van der Waals surface area contributed by atoms with Crippen molar-refractivity contribution in [3.63, 3.8) is 0 Å². The number of hydrogen-bond acceptors (Lipinski definition) is 1. The lowest BCUT2D eigenvalue weighted by Gasteiger charge is -2.49. The molecule has 1 N–H and O–H groups in total. The second-order valence-electron chi connectivity index (χ2n) is 6.32. The van der Waals surface area contributed by atoms with E-state index in [1.165, 1.54) is 19.3 Å². The Labute approximate surface area is 95.0 Å². The second-order valence-corrected chi connectivity index (χ2v) is 6.32. The van der Waals surface area contributed by atoms with E-state index >= 15 is 0 Å². The number of fused-ring (bicyclic) bond motifs is 2. The van der Waals surface area contributed by atoms with Crippen molar-refractivity contribution in [2.24, 2.45) is 23.2 Å². The highest BCUT2D eigenvalue weighted by Gasteiger charge is 2.53.